The molecule has 0 radical (unpaired) electrons. The number of halogens is 1. The van der Waals surface area contributed by atoms with E-state index in [-0.39, 0.29) is 48.0 Å². The molecule has 47 heavy (non-hydrogen) atoms. The molecule has 2 aliphatic carbocycles. The van der Waals surface area contributed by atoms with E-state index in [2.05, 4.69) is 5.32 Å². The van der Waals surface area contributed by atoms with Gasteiger partial charge in [-0.05, 0) is 80.5 Å². The quantitative estimate of drug-likeness (QED) is 0.180. The minimum absolute atomic E-state index is 0.0657. The summed E-state index contributed by atoms with van der Waals surface area (Å²) in [5.41, 5.74) is 7.30. The number of carbonyl (C=O) groups excluding carboxylic acids is 3. The minimum atomic E-state index is -0.558. The van der Waals surface area contributed by atoms with E-state index in [1.165, 1.54) is 6.42 Å². The topological polar surface area (TPSA) is 133 Å². The maximum absolute atomic E-state index is 14.1. The molecule has 0 unspecified atom stereocenters. The summed E-state index contributed by atoms with van der Waals surface area (Å²) in [7, 11) is 1.61. The Hall–Kier alpha value is -3.02. The number of hydrogen-bond acceptors (Lipinski definition) is 8. The molecule has 3 aliphatic rings. The van der Waals surface area contributed by atoms with E-state index in [0.717, 1.165) is 57.8 Å². The summed E-state index contributed by atoms with van der Waals surface area (Å²) >= 11 is 0. The molecule has 10 nitrogen and oxygen atoms in total. The number of benzene rings is 1. The lowest BCUT2D eigenvalue weighted by molar-refractivity contribution is -0.142. The van der Waals surface area contributed by atoms with Crippen molar-refractivity contribution in [2.24, 2.45) is 29.4 Å². The van der Waals surface area contributed by atoms with Crippen LogP contribution in [0.1, 0.15) is 87.6 Å². The van der Waals surface area contributed by atoms with Crippen LogP contribution in [0.3, 0.4) is 0 Å². The Labute approximate surface area is 277 Å². The van der Waals surface area contributed by atoms with Crippen LogP contribution in [0.15, 0.2) is 28.7 Å². The molecular weight excluding hydrogens is 605 g/mol. The van der Waals surface area contributed by atoms with Crippen molar-refractivity contribution in [2.45, 2.75) is 89.1 Å². The molecule has 260 valence electrons. The summed E-state index contributed by atoms with van der Waals surface area (Å²) in [6, 6.07) is 6.20. The molecule has 0 spiro atoms. The SMILES string of the molecule is COCCOCCCOC(=O)c1cc2cc(NC(=O)[C@@H]3[C@H](C4CCCCC4)CCN3C(=O)[C@H]3CC[C@H]([C@H](N)CCF)CC3)ccc2o1. The molecule has 2 saturated carbocycles. The third kappa shape index (κ3) is 9.12. The summed E-state index contributed by atoms with van der Waals surface area (Å²) in [6.07, 6.45) is 10.6. The molecule has 5 rings (SSSR count). The van der Waals surface area contributed by atoms with Crippen molar-refractivity contribution in [1.29, 1.82) is 0 Å². The summed E-state index contributed by atoms with van der Waals surface area (Å²) in [5.74, 6) is 0.0933. The maximum atomic E-state index is 14.1. The van der Waals surface area contributed by atoms with Crippen LogP contribution in [0.5, 0.6) is 0 Å². The molecule has 1 aromatic carbocycles. The largest absolute Gasteiger partial charge is 0.460 e. The van der Waals surface area contributed by atoms with Gasteiger partial charge in [0.1, 0.15) is 11.6 Å². The highest BCUT2D eigenvalue weighted by atomic mass is 19.1. The number of anilines is 1. The van der Waals surface area contributed by atoms with Gasteiger partial charge in [-0.25, -0.2) is 4.79 Å². The van der Waals surface area contributed by atoms with Crippen LogP contribution in [0.25, 0.3) is 11.0 Å². The van der Waals surface area contributed by atoms with Crippen LogP contribution in [0.4, 0.5) is 10.1 Å². The smallest absolute Gasteiger partial charge is 0.374 e. The van der Waals surface area contributed by atoms with Crippen LogP contribution in [0, 0.1) is 23.7 Å². The van der Waals surface area contributed by atoms with E-state index in [1.54, 1.807) is 31.4 Å². The van der Waals surface area contributed by atoms with Gasteiger partial charge in [0.2, 0.25) is 17.6 Å². The van der Waals surface area contributed by atoms with Crippen molar-refractivity contribution in [3.05, 3.63) is 30.0 Å². The normalized spacial score (nSPS) is 24.4. The molecule has 1 saturated heterocycles. The van der Waals surface area contributed by atoms with Crippen molar-refractivity contribution in [2.75, 3.05) is 52.1 Å². The minimum Gasteiger partial charge on any atom is -0.460 e. The third-order valence-electron chi connectivity index (χ3n) is 10.5. The van der Waals surface area contributed by atoms with Gasteiger partial charge in [0.15, 0.2) is 0 Å². The number of ether oxygens (including phenoxy) is 3. The van der Waals surface area contributed by atoms with Crippen LogP contribution in [0.2, 0.25) is 0 Å². The number of nitrogens with zero attached hydrogens (tertiary/aromatic N) is 1. The highest BCUT2D eigenvalue weighted by molar-refractivity contribution is 6.00. The molecule has 3 atom stereocenters. The fraction of sp³-hybridized carbons (Fsp3) is 0.694. The molecule has 3 fully saturated rings. The summed E-state index contributed by atoms with van der Waals surface area (Å²) in [6.45, 7) is 1.84. The monoisotopic (exact) mass is 657 g/mol. The predicted molar refractivity (Wildman–Crippen MR) is 177 cm³/mol. The number of rotatable bonds is 15. The van der Waals surface area contributed by atoms with Crippen molar-refractivity contribution >= 4 is 34.4 Å². The number of esters is 1. The molecule has 0 bridgehead atoms. The zero-order valence-electron chi connectivity index (χ0n) is 27.8. The lowest BCUT2D eigenvalue weighted by Crippen LogP contribution is -2.50. The number of alkyl halides is 1. The molecule has 11 heteroatoms. The summed E-state index contributed by atoms with van der Waals surface area (Å²) < 4.78 is 34.3. The Bertz CT molecular complexity index is 1320. The number of hydrogen-bond donors (Lipinski definition) is 2. The summed E-state index contributed by atoms with van der Waals surface area (Å²) in [4.78, 5) is 42.5. The molecule has 1 aliphatic heterocycles. The predicted octanol–water partition coefficient (Wildman–Crippen LogP) is 5.87. The van der Waals surface area contributed by atoms with Gasteiger partial charge in [0.25, 0.3) is 0 Å². The molecule has 2 heterocycles. The second-order valence-corrected chi connectivity index (χ2v) is 13.5. The average molecular weight is 658 g/mol. The van der Waals surface area contributed by atoms with Gasteiger partial charge in [-0.3, -0.25) is 14.0 Å². The Morgan fingerprint density at radius 1 is 1.00 bits per heavy atom. The van der Waals surface area contributed by atoms with E-state index in [0.29, 0.717) is 61.8 Å². The third-order valence-corrected chi connectivity index (χ3v) is 10.5. The van der Waals surface area contributed by atoms with Gasteiger partial charge < -0.3 is 34.6 Å². The Morgan fingerprint density at radius 2 is 1.79 bits per heavy atom. The van der Waals surface area contributed by atoms with Crippen LogP contribution in [-0.4, -0.2) is 81.5 Å². The van der Waals surface area contributed by atoms with E-state index >= 15 is 0 Å². The van der Waals surface area contributed by atoms with Crippen LogP contribution >= 0.6 is 0 Å². The van der Waals surface area contributed by atoms with Crippen molar-refractivity contribution < 1.29 is 37.4 Å². The van der Waals surface area contributed by atoms with Gasteiger partial charge in [-0.2, -0.15) is 0 Å². The van der Waals surface area contributed by atoms with E-state index in [1.807, 2.05) is 4.90 Å². The zero-order chi connectivity index (χ0) is 33.2. The van der Waals surface area contributed by atoms with Gasteiger partial charge in [0.05, 0.1) is 26.5 Å². The Balaban J connectivity index is 1.23. The Kier molecular flexibility index (Phi) is 13.1. The molecular formula is C36H52FN3O7. The number of nitrogens with two attached hydrogens (primary N) is 1. The zero-order valence-corrected chi connectivity index (χ0v) is 27.8. The fourth-order valence-corrected chi connectivity index (χ4v) is 7.93. The molecule has 1 aromatic heterocycles. The van der Waals surface area contributed by atoms with Crippen LogP contribution in [-0.2, 0) is 23.8 Å². The van der Waals surface area contributed by atoms with Crippen LogP contribution < -0.4 is 11.1 Å². The number of fused-ring (bicyclic) bond motifs is 1. The lowest BCUT2D eigenvalue weighted by Gasteiger charge is -2.37. The first kappa shape index (κ1) is 35.3. The van der Waals surface area contributed by atoms with E-state index in [9.17, 15) is 18.8 Å². The highest BCUT2D eigenvalue weighted by Crippen LogP contribution is 2.41. The molecule has 2 amide bonds. The standard InChI is InChI=1S/C36H52FN3O7/c1-44-20-21-45-18-5-19-46-36(43)32-23-27-22-28(12-13-31(27)47-32)39-34(41)33-29(24-6-3-2-4-7-24)15-17-40(33)35(42)26-10-8-25(9-11-26)30(38)14-16-37/h12-13,22-26,29-30,33H,2-11,14-21,38H2,1H3,(H,39,41)/t25-,26-,29-,30+,33-/m0/s1. The van der Waals surface area contributed by atoms with E-state index in [4.69, 9.17) is 24.4 Å². The fourth-order valence-electron chi connectivity index (χ4n) is 7.93. The van der Waals surface area contributed by atoms with E-state index < -0.39 is 18.7 Å². The number of nitrogens with one attached hydrogen (secondary N) is 1. The lowest BCUT2D eigenvalue weighted by atomic mass is 9.76. The number of amides is 2. The van der Waals surface area contributed by atoms with Gasteiger partial charge in [0, 0.05) is 49.7 Å². The number of carbonyl (C=O) groups is 3. The van der Waals surface area contributed by atoms with Crippen molar-refractivity contribution in [3.63, 3.8) is 0 Å². The highest BCUT2D eigenvalue weighted by Gasteiger charge is 2.47. The molecule has 3 N–H and O–H groups in total. The first-order valence-corrected chi connectivity index (χ1v) is 17.6. The van der Waals surface area contributed by atoms with Gasteiger partial charge >= 0.3 is 5.97 Å². The maximum Gasteiger partial charge on any atom is 0.374 e. The average Bonchev–Trinajstić information content (AvgIpc) is 3.73. The number of methoxy groups -OCH3 is 1. The first-order chi connectivity index (χ1) is 22.9. The summed E-state index contributed by atoms with van der Waals surface area (Å²) in [5, 5.41) is 3.77. The van der Waals surface area contributed by atoms with Gasteiger partial charge in [-0.15, -0.1) is 0 Å². The van der Waals surface area contributed by atoms with Crippen molar-refractivity contribution in [1.82, 2.24) is 4.90 Å². The second kappa shape index (κ2) is 17.4. The first-order valence-electron chi connectivity index (χ1n) is 17.6. The van der Waals surface area contributed by atoms with Gasteiger partial charge in [-0.1, -0.05) is 32.1 Å². The number of likely N-dealkylation sites (tertiary alicyclic amines) is 1. The second-order valence-electron chi connectivity index (χ2n) is 13.5. The van der Waals surface area contributed by atoms with Crippen molar-refractivity contribution in [3.8, 4) is 0 Å². The number of furan rings is 1. The Morgan fingerprint density at radius 3 is 2.53 bits per heavy atom. The molecule has 2 aromatic rings.